The highest BCUT2D eigenvalue weighted by Crippen LogP contribution is 2.28. The summed E-state index contributed by atoms with van der Waals surface area (Å²) in [6.45, 7) is 1.64. The first-order valence-corrected chi connectivity index (χ1v) is 7.97. The predicted octanol–water partition coefficient (Wildman–Crippen LogP) is 5.16. The molecule has 0 unspecified atom stereocenters. The first-order chi connectivity index (χ1) is 9.95. The predicted molar refractivity (Wildman–Crippen MR) is 89.2 cm³/mol. The average molecular weight is 435 g/mol. The Morgan fingerprint density at radius 2 is 1.86 bits per heavy atom. The molecule has 3 nitrogen and oxygen atoms in total. The second-order valence-electron chi connectivity index (χ2n) is 4.25. The number of ether oxygens (including phenoxy) is 2. The highest BCUT2D eigenvalue weighted by atomic mass is 79.9. The van der Waals surface area contributed by atoms with Crippen LogP contribution in [0.5, 0.6) is 11.5 Å². The van der Waals surface area contributed by atoms with Crippen LogP contribution in [0, 0.1) is 6.92 Å². The van der Waals surface area contributed by atoms with Gasteiger partial charge in [-0.2, -0.15) is 0 Å². The number of carbonyl (C=O) groups is 1. The molecule has 0 radical (unpaired) electrons. The Kier molecular flexibility index (Phi) is 5.67. The van der Waals surface area contributed by atoms with Gasteiger partial charge in [-0.05, 0) is 64.8 Å². The molecule has 21 heavy (non-hydrogen) atoms. The van der Waals surface area contributed by atoms with Crippen molar-refractivity contribution in [3.05, 3.63) is 55.9 Å². The number of aryl methyl sites for hydroxylation is 1. The third kappa shape index (κ3) is 4.73. The SMILES string of the molecule is Cc1cc(Cl)ccc1OC(=O)COc1ccc(Br)cc1Br. The Bertz CT molecular complexity index is 674. The molecule has 0 amide bonds. The fourth-order valence-corrected chi connectivity index (χ4v) is 3.00. The molecule has 0 N–H and O–H groups in total. The first kappa shape index (κ1) is 16.3. The summed E-state index contributed by atoms with van der Waals surface area (Å²) >= 11 is 12.6. The Hall–Kier alpha value is -1.04. The minimum absolute atomic E-state index is 0.178. The maximum Gasteiger partial charge on any atom is 0.349 e. The van der Waals surface area contributed by atoms with Gasteiger partial charge >= 0.3 is 5.97 Å². The smallest absolute Gasteiger partial charge is 0.349 e. The molecule has 0 bridgehead atoms. The Balaban J connectivity index is 1.96. The number of rotatable bonds is 4. The highest BCUT2D eigenvalue weighted by Gasteiger charge is 2.10. The Labute approximate surface area is 144 Å². The van der Waals surface area contributed by atoms with E-state index in [-0.39, 0.29) is 6.61 Å². The normalized spacial score (nSPS) is 10.3. The molecular formula is C15H11Br2ClO3. The van der Waals surface area contributed by atoms with Gasteiger partial charge in [-0.25, -0.2) is 4.79 Å². The van der Waals surface area contributed by atoms with Crippen molar-refractivity contribution in [1.82, 2.24) is 0 Å². The van der Waals surface area contributed by atoms with E-state index in [0.29, 0.717) is 16.5 Å². The topological polar surface area (TPSA) is 35.5 Å². The van der Waals surface area contributed by atoms with Crippen LogP contribution in [0.25, 0.3) is 0 Å². The molecule has 0 fully saturated rings. The molecule has 0 saturated heterocycles. The van der Waals surface area contributed by atoms with Crippen LogP contribution in [0.3, 0.4) is 0 Å². The standard InChI is InChI=1S/C15H11Br2ClO3/c1-9-6-11(18)3-5-13(9)21-15(19)8-20-14-4-2-10(16)7-12(14)17/h2-7H,8H2,1H3. The summed E-state index contributed by atoms with van der Waals surface area (Å²) in [5.74, 6) is 0.570. The van der Waals surface area contributed by atoms with Gasteiger partial charge in [-0.1, -0.05) is 27.5 Å². The maximum atomic E-state index is 11.8. The van der Waals surface area contributed by atoms with Crippen molar-refractivity contribution in [3.63, 3.8) is 0 Å². The summed E-state index contributed by atoms with van der Waals surface area (Å²) in [6.07, 6.45) is 0. The molecule has 2 aromatic carbocycles. The third-order valence-corrected chi connectivity index (χ3v) is 3.95. The summed E-state index contributed by atoms with van der Waals surface area (Å²) in [4.78, 5) is 11.8. The lowest BCUT2D eigenvalue weighted by atomic mass is 10.2. The monoisotopic (exact) mass is 432 g/mol. The first-order valence-electron chi connectivity index (χ1n) is 6.00. The molecule has 2 rings (SSSR count). The Morgan fingerprint density at radius 1 is 1.14 bits per heavy atom. The lowest BCUT2D eigenvalue weighted by Gasteiger charge is -2.10. The van der Waals surface area contributed by atoms with Gasteiger partial charge in [0.25, 0.3) is 0 Å². The third-order valence-electron chi connectivity index (χ3n) is 2.60. The van der Waals surface area contributed by atoms with E-state index in [1.54, 1.807) is 24.3 Å². The van der Waals surface area contributed by atoms with Crippen LogP contribution in [0.15, 0.2) is 45.3 Å². The molecular weight excluding hydrogens is 423 g/mol. The summed E-state index contributed by atoms with van der Waals surface area (Å²) in [5, 5.41) is 0.599. The van der Waals surface area contributed by atoms with Gasteiger partial charge < -0.3 is 9.47 Å². The Morgan fingerprint density at radius 3 is 2.52 bits per heavy atom. The summed E-state index contributed by atoms with van der Waals surface area (Å²) in [6, 6.07) is 10.5. The van der Waals surface area contributed by atoms with Gasteiger partial charge in [-0.15, -0.1) is 0 Å². The van der Waals surface area contributed by atoms with E-state index in [1.165, 1.54) is 0 Å². The van der Waals surface area contributed by atoms with Crippen LogP contribution in [-0.4, -0.2) is 12.6 Å². The quantitative estimate of drug-likeness (QED) is 0.493. The van der Waals surface area contributed by atoms with E-state index in [9.17, 15) is 4.79 Å². The molecule has 0 saturated carbocycles. The van der Waals surface area contributed by atoms with Crippen LogP contribution in [-0.2, 0) is 4.79 Å². The molecule has 0 aliphatic carbocycles. The van der Waals surface area contributed by atoms with Crippen molar-refractivity contribution < 1.29 is 14.3 Å². The summed E-state index contributed by atoms with van der Waals surface area (Å²) < 4.78 is 12.3. The van der Waals surface area contributed by atoms with E-state index in [4.69, 9.17) is 21.1 Å². The van der Waals surface area contributed by atoms with Crippen molar-refractivity contribution in [2.24, 2.45) is 0 Å². The molecule has 0 aliphatic heterocycles. The molecule has 0 aliphatic rings. The maximum absolute atomic E-state index is 11.8. The number of hydrogen-bond acceptors (Lipinski definition) is 3. The zero-order chi connectivity index (χ0) is 15.4. The van der Waals surface area contributed by atoms with Crippen molar-refractivity contribution in [1.29, 1.82) is 0 Å². The zero-order valence-electron chi connectivity index (χ0n) is 11.0. The van der Waals surface area contributed by atoms with Gasteiger partial charge in [0.1, 0.15) is 11.5 Å². The van der Waals surface area contributed by atoms with Crippen molar-refractivity contribution in [2.75, 3.05) is 6.61 Å². The van der Waals surface area contributed by atoms with Gasteiger partial charge in [0.05, 0.1) is 4.47 Å². The molecule has 110 valence electrons. The fraction of sp³-hybridized carbons (Fsp3) is 0.133. The minimum atomic E-state index is -0.477. The molecule has 0 spiro atoms. The van der Waals surface area contributed by atoms with Crippen molar-refractivity contribution in [3.8, 4) is 11.5 Å². The largest absolute Gasteiger partial charge is 0.481 e. The number of esters is 1. The number of benzene rings is 2. The van der Waals surface area contributed by atoms with E-state index >= 15 is 0 Å². The van der Waals surface area contributed by atoms with Crippen LogP contribution in [0.1, 0.15) is 5.56 Å². The average Bonchev–Trinajstić information content (AvgIpc) is 2.41. The summed E-state index contributed by atoms with van der Waals surface area (Å²) in [7, 11) is 0. The molecule has 6 heteroatoms. The van der Waals surface area contributed by atoms with Crippen LogP contribution in [0.2, 0.25) is 5.02 Å². The number of hydrogen-bond donors (Lipinski definition) is 0. The number of carbonyl (C=O) groups excluding carboxylic acids is 1. The van der Waals surface area contributed by atoms with E-state index in [0.717, 1.165) is 14.5 Å². The van der Waals surface area contributed by atoms with Gasteiger partial charge in [-0.3, -0.25) is 0 Å². The zero-order valence-corrected chi connectivity index (χ0v) is 15.0. The van der Waals surface area contributed by atoms with Crippen LogP contribution in [0.4, 0.5) is 0 Å². The van der Waals surface area contributed by atoms with Crippen LogP contribution < -0.4 is 9.47 Å². The second kappa shape index (κ2) is 7.29. The molecule has 0 heterocycles. The van der Waals surface area contributed by atoms with Crippen LogP contribution >= 0.6 is 43.5 Å². The molecule has 0 atom stereocenters. The fourth-order valence-electron chi connectivity index (χ4n) is 1.61. The van der Waals surface area contributed by atoms with E-state index < -0.39 is 5.97 Å². The van der Waals surface area contributed by atoms with Gasteiger partial charge in [0.2, 0.25) is 0 Å². The van der Waals surface area contributed by atoms with Crippen molar-refractivity contribution in [2.45, 2.75) is 6.92 Å². The van der Waals surface area contributed by atoms with Gasteiger partial charge in [0.15, 0.2) is 6.61 Å². The van der Waals surface area contributed by atoms with E-state index in [1.807, 2.05) is 19.1 Å². The lowest BCUT2D eigenvalue weighted by Crippen LogP contribution is -2.18. The number of halogens is 3. The summed E-state index contributed by atoms with van der Waals surface area (Å²) in [5.41, 5.74) is 0.792. The van der Waals surface area contributed by atoms with E-state index in [2.05, 4.69) is 31.9 Å². The second-order valence-corrected chi connectivity index (χ2v) is 6.45. The van der Waals surface area contributed by atoms with Crippen molar-refractivity contribution >= 4 is 49.4 Å². The molecule has 0 aromatic heterocycles. The lowest BCUT2D eigenvalue weighted by molar-refractivity contribution is -0.136. The molecule has 2 aromatic rings. The minimum Gasteiger partial charge on any atom is -0.481 e. The highest BCUT2D eigenvalue weighted by molar-refractivity contribution is 9.11. The van der Waals surface area contributed by atoms with Gasteiger partial charge in [0, 0.05) is 9.50 Å².